The Morgan fingerprint density at radius 2 is 0.838 bits per heavy atom. The molecule has 0 heterocycles. The van der Waals surface area contributed by atoms with Crippen molar-refractivity contribution in [2.75, 3.05) is 47.5 Å². The fourth-order valence-electron chi connectivity index (χ4n) is 7.18. The van der Waals surface area contributed by atoms with Crippen LogP contribution in [-0.4, -0.2) is 70.0 Å². The summed E-state index contributed by atoms with van der Waals surface area (Å²) in [6, 6.07) is 0. The molecule has 0 amide bonds. The molecule has 0 bridgehead atoms. The van der Waals surface area contributed by atoms with Crippen LogP contribution in [0.4, 0.5) is 0 Å². The van der Waals surface area contributed by atoms with Crippen molar-refractivity contribution in [2.45, 2.75) is 225 Å². The number of esters is 2. The molecule has 0 fully saturated rings. The molecule has 68 heavy (non-hydrogen) atoms. The zero-order valence-corrected chi connectivity index (χ0v) is 45.2. The summed E-state index contributed by atoms with van der Waals surface area (Å²) in [5.74, 6) is -0.857. The molecular formula is C58H102NO8P. The van der Waals surface area contributed by atoms with Crippen molar-refractivity contribution in [3.8, 4) is 0 Å². The van der Waals surface area contributed by atoms with Crippen molar-refractivity contribution in [2.24, 2.45) is 0 Å². The molecule has 0 aliphatic carbocycles. The lowest BCUT2D eigenvalue weighted by Crippen LogP contribution is -2.37. The Morgan fingerprint density at radius 3 is 1.25 bits per heavy atom. The minimum absolute atomic E-state index is 0.0387. The molecule has 0 aliphatic heterocycles. The smallest absolute Gasteiger partial charge is 0.306 e. The van der Waals surface area contributed by atoms with Crippen LogP contribution in [0.1, 0.15) is 219 Å². The number of hydrogen-bond acceptors (Lipinski definition) is 8. The molecule has 2 unspecified atom stereocenters. The van der Waals surface area contributed by atoms with Crippen molar-refractivity contribution in [1.29, 1.82) is 0 Å². The Kier molecular flexibility index (Phi) is 47.2. The van der Waals surface area contributed by atoms with Crippen LogP contribution in [0, 0.1) is 0 Å². The number of likely N-dealkylation sites (N-methyl/N-ethyl adjacent to an activating group) is 1. The quantitative estimate of drug-likeness (QED) is 0.0195. The molecule has 0 aliphatic rings. The van der Waals surface area contributed by atoms with Gasteiger partial charge in [-0.1, -0.05) is 202 Å². The number of phosphoric acid groups is 1. The summed E-state index contributed by atoms with van der Waals surface area (Å²) in [5.41, 5.74) is 0. The van der Waals surface area contributed by atoms with Gasteiger partial charge in [-0.3, -0.25) is 14.2 Å². The largest absolute Gasteiger partial charge is 0.756 e. The van der Waals surface area contributed by atoms with E-state index in [-0.39, 0.29) is 26.1 Å². The molecule has 10 heteroatoms. The van der Waals surface area contributed by atoms with Crippen molar-refractivity contribution in [3.05, 3.63) is 85.1 Å². The first-order valence-corrected chi connectivity index (χ1v) is 28.8. The average Bonchev–Trinajstić information content (AvgIpc) is 3.30. The minimum Gasteiger partial charge on any atom is -0.756 e. The van der Waals surface area contributed by atoms with Gasteiger partial charge >= 0.3 is 11.9 Å². The number of nitrogens with zero attached hydrogens (tertiary/aromatic N) is 1. The van der Waals surface area contributed by atoms with Crippen LogP contribution in [0.5, 0.6) is 0 Å². The van der Waals surface area contributed by atoms with Crippen LogP contribution in [-0.2, 0) is 32.7 Å². The van der Waals surface area contributed by atoms with Crippen LogP contribution in [0.2, 0.25) is 0 Å². The van der Waals surface area contributed by atoms with E-state index in [1.54, 1.807) is 0 Å². The van der Waals surface area contributed by atoms with Gasteiger partial charge in [0.1, 0.15) is 19.8 Å². The van der Waals surface area contributed by atoms with Gasteiger partial charge in [0.05, 0.1) is 27.7 Å². The summed E-state index contributed by atoms with van der Waals surface area (Å²) in [5, 5.41) is 0. The lowest BCUT2D eigenvalue weighted by Gasteiger charge is -2.28. The molecule has 0 saturated heterocycles. The van der Waals surface area contributed by atoms with E-state index in [9.17, 15) is 19.0 Å². The number of unbranched alkanes of at least 4 members (excludes halogenated alkanes) is 21. The van der Waals surface area contributed by atoms with Gasteiger partial charge in [-0.05, 0) is 89.9 Å². The van der Waals surface area contributed by atoms with E-state index in [4.69, 9.17) is 18.5 Å². The summed E-state index contributed by atoms with van der Waals surface area (Å²) in [6.07, 6.45) is 64.7. The van der Waals surface area contributed by atoms with E-state index in [1.165, 1.54) is 77.0 Å². The molecular weight excluding hydrogens is 870 g/mol. The third-order valence-corrected chi connectivity index (χ3v) is 12.4. The lowest BCUT2D eigenvalue weighted by molar-refractivity contribution is -0.870. The van der Waals surface area contributed by atoms with Gasteiger partial charge in [-0.2, -0.15) is 0 Å². The normalized spacial score (nSPS) is 14.0. The molecule has 0 N–H and O–H groups in total. The van der Waals surface area contributed by atoms with Gasteiger partial charge in [0.15, 0.2) is 6.10 Å². The number of rotatable bonds is 49. The molecule has 0 saturated carbocycles. The SMILES string of the molecule is CC/C=C\C/C=C\C/C=C\C/C=C\CCCCCCCCC(=O)OC(COC(=O)CCCCCCCCCCCC/C=C\C/C=C\C/C=C\CCCCCCC)COP(=O)([O-])OCC[N+](C)(C)C. The molecule has 0 aromatic rings. The van der Waals surface area contributed by atoms with E-state index >= 15 is 0 Å². The first kappa shape index (κ1) is 65.2. The first-order chi connectivity index (χ1) is 33.0. The number of carbonyl (C=O) groups excluding carboxylic acids is 2. The van der Waals surface area contributed by atoms with E-state index in [0.717, 1.165) is 109 Å². The highest BCUT2D eigenvalue weighted by Crippen LogP contribution is 2.38. The van der Waals surface area contributed by atoms with E-state index in [1.807, 2.05) is 21.1 Å². The molecule has 2 atom stereocenters. The maximum Gasteiger partial charge on any atom is 0.306 e. The van der Waals surface area contributed by atoms with Crippen LogP contribution in [0.3, 0.4) is 0 Å². The van der Waals surface area contributed by atoms with Gasteiger partial charge in [0.2, 0.25) is 0 Å². The zero-order chi connectivity index (χ0) is 49.9. The van der Waals surface area contributed by atoms with Gasteiger partial charge in [-0.15, -0.1) is 0 Å². The van der Waals surface area contributed by atoms with Gasteiger partial charge < -0.3 is 27.9 Å². The highest BCUT2D eigenvalue weighted by Gasteiger charge is 2.21. The molecule has 9 nitrogen and oxygen atoms in total. The highest BCUT2D eigenvalue weighted by atomic mass is 31.2. The van der Waals surface area contributed by atoms with Crippen LogP contribution >= 0.6 is 7.82 Å². The summed E-state index contributed by atoms with van der Waals surface area (Å²) < 4.78 is 34.1. The molecule has 0 aromatic heterocycles. The second kappa shape index (κ2) is 49.2. The lowest BCUT2D eigenvalue weighted by atomic mass is 10.1. The number of hydrogen-bond donors (Lipinski definition) is 0. The van der Waals surface area contributed by atoms with Crippen LogP contribution in [0.25, 0.3) is 0 Å². The second-order valence-electron chi connectivity index (χ2n) is 19.2. The number of carbonyl (C=O) groups is 2. The van der Waals surface area contributed by atoms with E-state index in [2.05, 4.69) is 98.9 Å². The molecule has 0 rings (SSSR count). The standard InChI is InChI=1S/C58H102NO8P/c1-6-8-10-12-14-16-18-20-22-24-26-27-28-29-30-31-33-34-36-38-40-42-44-46-48-50-57(60)64-54-56(55-66-68(62,63)65-53-52-59(3,4)5)67-58(61)51-49-47-45-43-41-39-37-35-32-25-23-21-19-17-15-13-11-9-7-2/h9,11,15,17-18,20-21,23-24,26,28-29,32,35,56H,6-8,10,12-14,16,19,22,25,27,30-31,33-34,36-55H2,1-5H3/b11-9-,17-15-,20-18-,23-21-,26-24-,29-28-,35-32-. The van der Waals surface area contributed by atoms with E-state index in [0.29, 0.717) is 17.4 Å². The average molecular weight is 972 g/mol. The summed E-state index contributed by atoms with van der Waals surface area (Å²) >= 11 is 0. The number of ether oxygens (including phenoxy) is 2. The van der Waals surface area contributed by atoms with Crippen molar-refractivity contribution >= 4 is 19.8 Å². The van der Waals surface area contributed by atoms with Crippen LogP contribution in [0.15, 0.2) is 85.1 Å². The third-order valence-electron chi connectivity index (χ3n) is 11.4. The molecule has 392 valence electrons. The number of allylic oxidation sites excluding steroid dienone is 14. The Hall–Kier alpha value is -2.81. The molecule has 0 aromatic carbocycles. The fraction of sp³-hybridized carbons (Fsp3) is 0.724. The minimum atomic E-state index is -4.64. The van der Waals surface area contributed by atoms with Crippen LogP contribution < -0.4 is 4.89 Å². The number of quaternary nitrogens is 1. The Balaban J connectivity index is 4.24. The number of phosphoric ester groups is 1. The topological polar surface area (TPSA) is 111 Å². The van der Waals surface area contributed by atoms with Crippen molar-refractivity contribution < 1.29 is 42.1 Å². The first-order valence-electron chi connectivity index (χ1n) is 27.3. The predicted molar refractivity (Wildman–Crippen MR) is 286 cm³/mol. The van der Waals surface area contributed by atoms with Gasteiger partial charge in [0.25, 0.3) is 7.82 Å². The Labute approximate surface area is 418 Å². The predicted octanol–water partition coefficient (Wildman–Crippen LogP) is 16.1. The van der Waals surface area contributed by atoms with E-state index < -0.39 is 32.5 Å². The molecule has 0 radical (unpaired) electrons. The second-order valence-corrected chi connectivity index (χ2v) is 20.6. The maximum atomic E-state index is 12.8. The highest BCUT2D eigenvalue weighted by molar-refractivity contribution is 7.45. The summed E-state index contributed by atoms with van der Waals surface area (Å²) in [6.45, 7) is 4.09. The zero-order valence-electron chi connectivity index (χ0n) is 44.3. The van der Waals surface area contributed by atoms with Gasteiger partial charge in [0, 0.05) is 12.8 Å². The third kappa shape index (κ3) is 52.6. The maximum absolute atomic E-state index is 12.8. The van der Waals surface area contributed by atoms with Gasteiger partial charge in [-0.25, -0.2) is 0 Å². The molecule has 0 spiro atoms. The van der Waals surface area contributed by atoms with Crippen molar-refractivity contribution in [1.82, 2.24) is 0 Å². The Bertz CT molecular complexity index is 1420. The monoisotopic (exact) mass is 972 g/mol. The summed E-state index contributed by atoms with van der Waals surface area (Å²) in [4.78, 5) is 37.8. The van der Waals surface area contributed by atoms with Crippen molar-refractivity contribution in [3.63, 3.8) is 0 Å². The Morgan fingerprint density at radius 1 is 0.471 bits per heavy atom. The fourth-order valence-corrected chi connectivity index (χ4v) is 7.91. The summed E-state index contributed by atoms with van der Waals surface area (Å²) in [7, 11) is 1.14.